The average molecular weight is 364 g/mol. The van der Waals surface area contributed by atoms with Crippen LogP contribution in [-0.2, 0) is 10.0 Å². The summed E-state index contributed by atoms with van der Waals surface area (Å²) in [5.41, 5.74) is -0.834. The minimum atomic E-state index is -4.35. The van der Waals surface area contributed by atoms with E-state index in [-0.39, 0.29) is 15.7 Å². The summed E-state index contributed by atoms with van der Waals surface area (Å²) in [5, 5.41) is 8.92. The molecule has 2 aromatic carbocycles. The number of sulfonamides is 1. The molecule has 0 bridgehead atoms. The minimum Gasteiger partial charge on any atom is -0.478 e. The third-order valence-electron chi connectivity index (χ3n) is 2.65. The molecule has 0 atom stereocenters. The highest BCUT2D eigenvalue weighted by molar-refractivity contribution is 7.92. The quantitative estimate of drug-likeness (QED) is 0.868. The molecular formula is C13H8Cl2FNO4S. The first-order valence-corrected chi connectivity index (χ1v) is 7.96. The van der Waals surface area contributed by atoms with Gasteiger partial charge in [-0.2, -0.15) is 0 Å². The van der Waals surface area contributed by atoms with E-state index in [4.69, 9.17) is 28.3 Å². The van der Waals surface area contributed by atoms with Gasteiger partial charge in [0.1, 0.15) is 10.7 Å². The Morgan fingerprint density at radius 3 is 2.41 bits per heavy atom. The van der Waals surface area contributed by atoms with Crippen LogP contribution in [-0.4, -0.2) is 19.5 Å². The van der Waals surface area contributed by atoms with Crippen molar-refractivity contribution in [3.05, 3.63) is 57.8 Å². The van der Waals surface area contributed by atoms with Crippen molar-refractivity contribution in [2.45, 2.75) is 4.90 Å². The predicted molar refractivity (Wildman–Crippen MR) is 80.6 cm³/mol. The zero-order chi connectivity index (χ0) is 16.5. The lowest BCUT2D eigenvalue weighted by Gasteiger charge is -2.13. The smallest absolute Gasteiger partial charge is 0.337 e. The Morgan fingerprint density at radius 1 is 1.18 bits per heavy atom. The number of rotatable bonds is 4. The summed E-state index contributed by atoms with van der Waals surface area (Å²) in [6.45, 7) is 0. The molecule has 5 nitrogen and oxygen atoms in total. The van der Waals surface area contributed by atoms with Crippen LogP contribution in [0.5, 0.6) is 0 Å². The number of benzene rings is 2. The van der Waals surface area contributed by atoms with Gasteiger partial charge in [0.25, 0.3) is 10.0 Å². The summed E-state index contributed by atoms with van der Waals surface area (Å²) in [4.78, 5) is 10.6. The van der Waals surface area contributed by atoms with Crippen molar-refractivity contribution in [2.24, 2.45) is 0 Å². The van der Waals surface area contributed by atoms with Crippen LogP contribution in [0.25, 0.3) is 0 Å². The Labute approximate surface area is 135 Å². The Balaban J connectivity index is 2.56. The van der Waals surface area contributed by atoms with Crippen LogP contribution in [0, 0.1) is 5.82 Å². The Hall–Kier alpha value is -1.83. The lowest BCUT2D eigenvalue weighted by Crippen LogP contribution is -2.17. The average Bonchev–Trinajstić information content (AvgIpc) is 2.41. The molecule has 116 valence electrons. The molecule has 2 aromatic rings. The maximum atomic E-state index is 13.6. The van der Waals surface area contributed by atoms with Crippen LogP contribution in [0.15, 0.2) is 41.3 Å². The molecule has 0 saturated carbocycles. The van der Waals surface area contributed by atoms with Gasteiger partial charge in [0.05, 0.1) is 16.3 Å². The molecule has 0 heterocycles. The monoisotopic (exact) mass is 363 g/mol. The molecule has 0 spiro atoms. The van der Waals surface area contributed by atoms with Crippen molar-refractivity contribution < 1.29 is 22.7 Å². The number of carboxylic acid groups (broad SMARTS) is 1. The fourth-order valence-corrected chi connectivity index (χ4v) is 3.48. The van der Waals surface area contributed by atoms with Crippen molar-refractivity contribution in [3.8, 4) is 0 Å². The fraction of sp³-hybridized carbons (Fsp3) is 0. The van der Waals surface area contributed by atoms with Gasteiger partial charge in [-0.25, -0.2) is 17.6 Å². The number of carbonyl (C=O) groups is 1. The second-order valence-corrected chi connectivity index (χ2v) is 6.65. The van der Waals surface area contributed by atoms with Crippen molar-refractivity contribution in [3.63, 3.8) is 0 Å². The van der Waals surface area contributed by atoms with Gasteiger partial charge < -0.3 is 5.11 Å². The normalized spacial score (nSPS) is 11.2. The molecule has 0 aliphatic carbocycles. The maximum Gasteiger partial charge on any atom is 0.337 e. The molecular weight excluding hydrogens is 356 g/mol. The first-order valence-electron chi connectivity index (χ1n) is 5.72. The summed E-state index contributed by atoms with van der Waals surface area (Å²) in [5.74, 6) is -2.41. The second-order valence-electron chi connectivity index (χ2n) is 4.15. The Morgan fingerprint density at radius 2 is 1.82 bits per heavy atom. The van der Waals surface area contributed by atoms with Gasteiger partial charge in [-0.1, -0.05) is 35.3 Å². The Bertz CT molecular complexity index is 855. The molecule has 9 heteroatoms. The molecule has 22 heavy (non-hydrogen) atoms. The summed E-state index contributed by atoms with van der Waals surface area (Å²) >= 11 is 11.5. The van der Waals surface area contributed by atoms with Gasteiger partial charge in [0, 0.05) is 5.02 Å². The summed E-state index contributed by atoms with van der Waals surface area (Å²) in [6.07, 6.45) is 0. The molecule has 0 radical (unpaired) electrons. The van der Waals surface area contributed by atoms with Crippen LogP contribution in [0.1, 0.15) is 10.4 Å². The third-order valence-corrected chi connectivity index (χ3v) is 4.55. The van der Waals surface area contributed by atoms with Crippen LogP contribution in [0.3, 0.4) is 0 Å². The Kier molecular flexibility index (Phi) is 4.60. The number of carboxylic acids is 1. The fourth-order valence-electron chi connectivity index (χ4n) is 1.70. The number of nitrogens with one attached hydrogen (secondary N) is 1. The first-order chi connectivity index (χ1) is 10.2. The predicted octanol–water partition coefficient (Wildman–Crippen LogP) is 3.63. The van der Waals surface area contributed by atoms with E-state index in [0.29, 0.717) is 0 Å². The van der Waals surface area contributed by atoms with Crippen LogP contribution in [0.4, 0.5) is 10.1 Å². The summed E-state index contributed by atoms with van der Waals surface area (Å²) < 4.78 is 40.0. The lowest BCUT2D eigenvalue weighted by atomic mass is 10.2. The van der Waals surface area contributed by atoms with E-state index < -0.39 is 32.3 Å². The summed E-state index contributed by atoms with van der Waals surface area (Å²) in [7, 11) is -4.35. The molecule has 0 aliphatic rings. The molecule has 0 fully saturated rings. The van der Waals surface area contributed by atoms with Gasteiger partial charge in [-0.15, -0.1) is 0 Å². The molecule has 0 unspecified atom stereocenters. The van der Waals surface area contributed by atoms with E-state index in [0.717, 1.165) is 18.2 Å². The molecule has 0 aromatic heterocycles. The van der Waals surface area contributed by atoms with Crippen LogP contribution in [0.2, 0.25) is 10.0 Å². The van der Waals surface area contributed by atoms with E-state index >= 15 is 0 Å². The topological polar surface area (TPSA) is 83.5 Å². The second kappa shape index (κ2) is 6.12. The van der Waals surface area contributed by atoms with E-state index in [2.05, 4.69) is 0 Å². The molecule has 2 rings (SSSR count). The molecule has 0 saturated heterocycles. The van der Waals surface area contributed by atoms with E-state index in [1.807, 2.05) is 4.72 Å². The standard InChI is InChI=1S/C13H8Cl2FNO4S/c14-7-5-8(13(18)19)12(9(15)6-7)17-22(20,21)11-4-2-1-3-10(11)16/h1-6,17H,(H,18,19). The highest BCUT2D eigenvalue weighted by Crippen LogP contribution is 2.32. The van der Waals surface area contributed by atoms with E-state index in [1.54, 1.807) is 0 Å². The zero-order valence-electron chi connectivity index (χ0n) is 10.7. The highest BCUT2D eigenvalue weighted by atomic mass is 35.5. The van der Waals surface area contributed by atoms with Gasteiger partial charge in [-0.3, -0.25) is 4.72 Å². The highest BCUT2D eigenvalue weighted by Gasteiger charge is 2.23. The van der Waals surface area contributed by atoms with Crippen molar-refractivity contribution >= 4 is 44.9 Å². The minimum absolute atomic E-state index is 0.0243. The van der Waals surface area contributed by atoms with Crippen LogP contribution < -0.4 is 4.72 Å². The van der Waals surface area contributed by atoms with Crippen LogP contribution >= 0.6 is 23.2 Å². The van der Waals surface area contributed by atoms with Crippen molar-refractivity contribution in [2.75, 3.05) is 4.72 Å². The van der Waals surface area contributed by atoms with E-state index in [1.165, 1.54) is 18.2 Å². The van der Waals surface area contributed by atoms with Gasteiger partial charge in [-0.05, 0) is 24.3 Å². The third kappa shape index (κ3) is 3.32. The number of hydrogen-bond donors (Lipinski definition) is 2. The largest absolute Gasteiger partial charge is 0.478 e. The number of halogens is 3. The molecule has 2 N–H and O–H groups in total. The molecule has 0 amide bonds. The number of aromatic carboxylic acids is 1. The molecule has 0 aliphatic heterocycles. The van der Waals surface area contributed by atoms with Gasteiger partial charge in [0.2, 0.25) is 0 Å². The van der Waals surface area contributed by atoms with Crippen molar-refractivity contribution in [1.29, 1.82) is 0 Å². The SMILES string of the molecule is O=C(O)c1cc(Cl)cc(Cl)c1NS(=O)(=O)c1ccccc1F. The van der Waals surface area contributed by atoms with Gasteiger partial charge >= 0.3 is 5.97 Å². The lowest BCUT2D eigenvalue weighted by molar-refractivity contribution is 0.0698. The number of hydrogen-bond acceptors (Lipinski definition) is 3. The summed E-state index contributed by atoms with van der Waals surface area (Å²) in [6, 6.07) is 6.88. The number of anilines is 1. The van der Waals surface area contributed by atoms with Crippen molar-refractivity contribution in [1.82, 2.24) is 0 Å². The zero-order valence-corrected chi connectivity index (χ0v) is 13.0. The van der Waals surface area contributed by atoms with Gasteiger partial charge in [0.15, 0.2) is 0 Å². The first kappa shape index (κ1) is 16.5. The maximum absolute atomic E-state index is 13.6. The van der Waals surface area contributed by atoms with E-state index in [9.17, 15) is 17.6 Å².